The zero-order valence-corrected chi connectivity index (χ0v) is 11.6. The SMILES string of the molecule is CCNC(C)c1csc(-c2ccccc2[N+](=O)[O-])n1. The number of rotatable bonds is 5. The highest BCUT2D eigenvalue weighted by atomic mass is 32.1. The van der Waals surface area contributed by atoms with Crippen LogP contribution in [0.3, 0.4) is 0 Å². The van der Waals surface area contributed by atoms with Gasteiger partial charge in [-0.1, -0.05) is 19.1 Å². The second kappa shape index (κ2) is 5.90. The lowest BCUT2D eigenvalue weighted by atomic mass is 10.2. The quantitative estimate of drug-likeness (QED) is 0.672. The summed E-state index contributed by atoms with van der Waals surface area (Å²) in [5.74, 6) is 0. The Morgan fingerprint density at radius 3 is 2.89 bits per heavy atom. The van der Waals surface area contributed by atoms with E-state index in [2.05, 4.69) is 10.3 Å². The Balaban J connectivity index is 2.35. The Bertz CT molecular complexity index is 583. The molecule has 0 bridgehead atoms. The molecule has 1 aromatic heterocycles. The molecule has 2 aromatic rings. The first-order valence-electron chi connectivity index (χ1n) is 6.06. The van der Waals surface area contributed by atoms with Crippen molar-refractivity contribution in [2.24, 2.45) is 0 Å². The van der Waals surface area contributed by atoms with Gasteiger partial charge in [0.1, 0.15) is 5.01 Å². The maximum absolute atomic E-state index is 11.0. The standard InChI is InChI=1S/C13H15N3O2S/c1-3-14-9(2)11-8-19-13(15-11)10-6-4-5-7-12(10)16(17)18/h4-9,14H,3H2,1-2H3. The van der Waals surface area contributed by atoms with Crippen LogP contribution in [0.2, 0.25) is 0 Å². The predicted molar refractivity (Wildman–Crippen MR) is 76.3 cm³/mol. The van der Waals surface area contributed by atoms with Crippen LogP contribution in [-0.2, 0) is 0 Å². The Labute approximate surface area is 115 Å². The van der Waals surface area contributed by atoms with Gasteiger partial charge in [0, 0.05) is 17.5 Å². The van der Waals surface area contributed by atoms with Gasteiger partial charge < -0.3 is 5.32 Å². The van der Waals surface area contributed by atoms with Gasteiger partial charge in [-0.15, -0.1) is 11.3 Å². The van der Waals surface area contributed by atoms with E-state index in [4.69, 9.17) is 0 Å². The zero-order valence-electron chi connectivity index (χ0n) is 10.8. The van der Waals surface area contributed by atoms with E-state index in [1.807, 2.05) is 19.2 Å². The third-order valence-electron chi connectivity index (χ3n) is 2.81. The third-order valence-corrected chi connectivity index (χ3v) is 3.70. The molecule has 19 heavy (non-hydrogen) atoms. The Morgan fingerprint density at radius 2 is 2.21 bits per heavy atom. The average molecular weight is 277 g/mol. The minimum absolute atomic E-state index is 0.0968. The number of nitro benzene ring substituents is 1. The van der Waals surface area contributed by atoms with Gasteiger partial charge in [0.2, 0.25) is 0 Å². The second-order valence-electron chi connectivity index (χ2n) is 4.13. The molecule has 0 fully saturated rings. The summed E-state index contributed by atoms with van der Waals surface area (Å²) in [5, 5.41) is 16.9. The molecule has 0 aliphatic carbocycles. The van der Waals surface area contributed by atoms with Crippen LogP contribution in [0.25, 0.3) is 10.6 Å². The van der Waals surface area contributed by atoms with Gasteiger partial charge in [0.15, 0.2) is 0 Å². The van der Waals surface area contributed by atoms with Crippen LogP contribution >= 0.6 is 11.3 Å². The van der Waals surface area contributed by atoms with Crippen molar-refractivity contribution in [2.45, 2.75) is 19.9 Å². The molecule has 1 aromatic carbocycles. The largest absolute Gasteiger partial charge is 0.309 e. The molecule has 0 amide bonds. The maximum atomic E-state index is 11.0. The Hall–Kier alpha value is -1.79. The minimum Gasteiger partial charge on any atom is -0.309 e. The summed E-state index contributed by atoms with van der Waals surface area (Å²) in [6, 6.07) is 6.84. The van der Waals surface area contributed by atoms with Gasteiger partial charge >= 0.3 is 0 Å². The van der Waals surface area contributed by atoms with Crippen LogP contribution in [0.4, 0.5) is 5.69 Å². The molecule has 100 valence electrons. The minimum atomic E-state index is -0.371. The summed E-state index contributed by atoms with van der Waals surface area (Å²) >= 11 is 1.43. The molecule has 0 spiro atoms. The van der Waals surface area contributed by atoms with E-state index in [9.17, 15) is 10.1 Å². The summed E-state index contributed by atoms with van der Waals surface area (Å²) in [7, 11) is 0. The summed E-state index contributed by atoms with van der Waals surface area (Å²) in [6.07, 6.45) is 0. The average Bonchev–Trinajstić information content (AvgIpc) is 2.88. The van der Waals surface area contributed by atoms with E-state index in [1.54, 1.807) is 18.2 Å². The molecular weight excluding hydrogens is 262 g/mol. The van der Waals surface area contributed by atoms with Gasteiger partial charge in [0.25, 0.3) is 5.69 Å². The van der Waals surface area contributed by atoms with Crippen LogP contribution in [0, 0.1) is 10.1 Å². The fraction of sp³-hybridized carbons (Fsp3) is 0.308. The van der Waals surface area contributed by atoms with Crippen LogP contribution in [-0.4, -0.2) is 16.5 Å². The van der Waals surface area contributed by atoms with E-state index >= 15 is 0 Å². The van der Waals surface area contributed by atoms with Crippen molar-refractivity contribution in [1.29, 1.82) is 0 Å². The Kier molecular flexibility index (Phi) is 4.24. The first-order valence-corrected chi connectivity index (χ1v) is 6.94. The number of nitro groups is 1. The van der Waals surface area contributed by atoms with Crippen LogP contribution in [0.15, 0.2) is 29.6 Å². The molecule has 1 atom stereocenters. The van der Waals surface area contributed by atoms with Gasteiger partial charge in [0.05, 0.1) is 16.2 Å². The first-order chi connectivity index (χ1) is 9.13. The van der Waals surface area contributed by atoms with Crippen molar-refractivity contribution in [3.05, 3.63) is 45.5 Å². The number of nitrogens with one attached hydrogen (secondary N) is 1. The van der Waals surface area contributed by atoms with E-state index in [-0.39, 0.29) is 16.7 Å². The normalized spacial score (nSPS) is 12.3. The Morgan fingerprint density at radius 1 is 1.47 bits per heavy atom. The van der Waals surface area contributed by atoms with Crippen LogP contribution in [0.1, 0.15) is 25.6 Å². The summed E-state index contributed by atoms with van der Waals surface area (Å²) in [4.78, 5) is 15.1. The molecule has 1 unspecified atom stereocenters. The van der Waals surface area contributed by atoms with Gasteiger partial charge in [-0.3, -0.25) is 10.1 Å². The van der Waals surface area contributed by atoms with Crippen molar-refractivity contribution in [2.75, 3.05) is 6.54 Å². The molecular formula is C13H15N3O2S. The monoisotopic (exact) mass is 277 g/mol. The molecule has 0 radical (unpaired) electrons. The van der Waals surface area contributed by atoms with Crippen LogP contribution < -0.4 is 5.32 Å². The molecule has 0 saturated carbocycles. The van der Waals surface area contributed by atoms with Gasteiger partial charge in [-0.05, 0) is 19.5 Å². The van der Waals surface area contributed by atoms with Crippen molar-refractivity contribution in [1.82, 2.24) is 10.3 Å². The summed E-state index contributed by atoms with van der Waals surface area (Å²) in [5.41, 5.74) is 1.59. The zero-order chi connectivity index (χ0) is 13.8. The molecule has 0 aliphatic rings. The van der Waals surface area contributed by atoms with E-state index in [1.165, 1.54) is 17.4 Å². The van der Waals surface area contributed by atoms with E-state index in [0.29, 0.717) is 10.6 Å². The van der Waals surface area contributed by atoms with Crippen molar-refractivity contribution >= 4 is 17.0 Å². The number of aromatic nitrogens is 1. The predicted octanol–water partition coefficient (Wildman–Crippen LogP) is 3.39. The lowest BCUT2D eigenvalue weighted by molar-refractivity contribution is -0.384. The summed E-state index contributed by atoms with van der Waals surface area (Å²) < 4.78 is 0. The number of hydrogen-bond acceptors (Lipinski definition) is 5. The highest BCUT2D eigenvalue weighted by Gasteiger charge is 2.18. The third kappa shape index (κ3) is 2.97. The number of benzene rings is 1. The molecule has 2 rings (SSSR count). The number of para-hydroxylation sites is 1. The lowest BCUT2D eigenvalue weighted by Gasteiger charge is -2.08. The lowest BCUT2D eigenvalue weighted by Crippen LogP contribution is -2.17. The molecule has 0 saturated heterocycles. The molecule has 1 N–H and O–H groups in total. The topological polar surface area (TPSA) is 68.1 Å². The highest BCUT2D eigenvalue weighted by Crippen LogP contribution is 2.32. The number of nitrogens with zero attached hydrogens (tertiary/aromatic N) is 2. The van der Waals surface area contributed by atoms with E-state index < -0.39 is 0 Å². The molecule has 1 heterocycles. The van der Waals surface area contributed by atoms with Crippen molar-refractivity contribution in [3.63, 3.8) is 0 Å². The highest BCUT2D eigenvalue weighted by molar-refractivity contribution is 7.13. The molecule has 6 heteroatoms. The fourth-order valence-electron chi connectivity index (χ4n) is 1.83. The molecule has 5 nitrogen and oxygen atoms in total. The maximum Gasteiger partial charge on any atom is 0.279 e. The number of hydrogen-bond donors (Lipinski definition) is 1. The summed E-state index contributed by atoms with van der Waals surface area (Å²) in [6.45, 7) is 4.92. The van der Waals surface area contributed by atoms with Crippen LogP contribution in [0.5, 0.6) is 0 Å². The van der Waals surface area contributed by atoms with Crippen molar-refractivity contribution < 1.29 is 4.92 Å². The molecule has 0 aliphatic heterocycles. The van der Waals surface area contributed by atoms with E-state index in [0.717, 1.165) is 12.2 Å². The van der Waals surface area contributed by atoms with Gasteiger partial charge in [-0.25, -0.2) is 4.98 Å². The number of thiazole rings is 1. The second-order valence-corrected chi connectivity index (χ2v) is 4.99. The first kappa shape index (κ1) is 13.6. The van der Waals surface area contributed by atoms with Crippen molar-refractivity contribution in [3.8, 4) is 10.6 Å². The smallest absolute Gasteiger partial charge is 0.279 e. The fourth-order valence-corrected chi connectivity index (χ4v) is 2.78. The van der Waals surface area contributed by atoms with Gasteiger partial charge in [-0.2, -0.15) is 0 Å².